The lowest BCUT2D eigenvalue weighted by Gasteiger charge is -2.28. The van der Waals surface area contributed by atoms with E-state index in [0.717, 1.165) is 16.0 Å². The molecule has 1 aliphatic heterocycles. The first-order valence-corrected chi connectivity index (χ1v) is 7.67. The van der Waals surface area contributed by atoms with Crippen LogP contribution < -0.4 is 0 Å². The normalized spacial score (nSPS) is 14.8. The largest absolute Gasteiger partial charge is 0.451 e. The Balaban J connectivity index is 1.65. The lowest BCUT2D eigenvalue weighted by atomic mass is 10.3. The standard InChI is InChI=1S/C15H18F3N5O/c1-10-3-4-11(2)22(10)6-5-13(24)21-7-8-23-12(9-21)19-20-14(23)15(16,17)18/h3-4H,5-9H2,1-2H3. The van der Waals surface area contributed by atoms with Crippen LogP contribution in [0.25, 0.3) is 0 Å². The second kappa shape index (κ2) is 5.95. The molecule has 0 radical (unpaired) electrons. The van der Waals surface area contributed by atoms with Crippen molar-refractivity contribution in [3.8, 4) is 0 Å². The number of carbonyl (C=O) groups excluding carboxylic acids is 1. The number of fused-ring (bicyclic) bond motifs is 1. The average Bonchev–Trinajstić information content (AvgIpc) is 3.08. The first-order valence-electron chi connectivity index (χ1n) is 7.67. The highest BCUT2D eigenvalue weighted by atomic mass is 19.4. The summed E-state index contributed by atoms with van der Waals surface area (Å²) in [6.45, 7) is 4.85. The molecule has 2 aromatic heterocycles. The molecular formula is C15H18F3N5O. The van der Waals surface area contributed by atoms with Gasteiger partial charge in [0.05, 0.1) is 6.54 Å². The number of nitrogens with zero attached hydrogens (tertiary/aromatic N) is 5. The molecule has 2 aromatic rings. The molecule has 0 bridgehead atoms. The predicted molar refractivity (Wildman–Crippen MR) is 79.0 cm³/mol. The highest BCUT2D eigenvalue weighted by Crippen LogP contribution is 2.29. The van der Waals surface area contributed by atoms with Crippen LogP contribution in [0, 0.1) is 13.8 Å². The summed E-state index contributed by atoms with van der Waals surface area (Å²) >= 11 is 0. The van der Waals surface area contributed by atoms with Crippen molar-refractivity contribution in [3.63, 3.8) is 0 Å². The van der Waals surface area contributed by atoms with Crippen molar-refractivity contribution in [2.75, 3.05) is 6.54 Å². The average molecular weight is 341 g/mol. The minimum atomic E-state index is -4.53. The lowest BCUT2D eigenvalue weighted by Crippen LogP contribution is -2.39. The number of aryl methyl sites for hydroxylation is 2. The van der Waals surface area contributed by atoms with Crippen molar-refractivity contribution in [1.82, 2.24) is 24.2 Å². The number of carbonyl (C=O) groups is 1. The third-order valence-electron chi connectivity index (χ3n) is 4.33. The lowest BCUT2D eigenvalue weighted by molar-refractivity contribution is -0.148. The minimum Gasteiger partial charge on any atom is -0.349 e. The molecule has 24 heavy (non-hydrogen) atoms. The van der Waals surface area contributed by atoms with Crippen molar-refractivity contribution in [1.29, 1.82) is 0 Å². The highest BCUT2D eigenvalue weighted by Gasteiger charge is 2.39. The SMILES string of the molecule is Cc1ccc(C)n1CCC(=O)N1CCn2c(nnc2C(F)(F)F)C1. The van der Waals surface area contributed by atoms with E-state index in [1.54, 1.807) is 4.90 Å². The molecule has 0 saturated carbocycles. The fraction of sp³-hybridized carbons (Fsp3) is 0.533. The van der Waals surface area contributed by atoms with Crippen LogP contribution in [0.4, 0.5) is 13.2 Å². The first kappa shape index (κ1) is 16.5. The zero-order chi connectivity index (χ0) is 17.5. The molecule has 0 fully saturated rings. The van der Waals surface area contributed by atoms with E-state index < -0.39 is 12.0 Å². The summed E-state index contributed by atoms with van der Waals surface area (Å²) in [6.07, 6.45) is -4.22. The summed E-state index contributed by atoms with van der Waals surface area (Å²) in [5.74, 6) is -0.913. The van der Waals surface area contributed by atoms with Crippen molar-refractivity contribution >= 4 is 5.91 Å². The van der Waals surface area contributed by atoms with Gasteiger partial charge in [-0.15, -0.1) is 10.2 Å². The third-order valence-corrected chi connectivity index (χ3v) is 4.33. The van der Waals surface area contributed by atoms with Crippen LogP contribution in [0.3, 0.4) is 0 Å². The maximum Gasteiger partial charge on any atom is 0.451 e. The zero-order valence-electron chi connectivity index (χ0n) is 13.5. The first-order chi connectivity index (χ1) is 11.3. The monoisotopic (exact) mass is 341 g/mol. The Bertz CT molecular complexity index is 742. The quantitative estimate of drug-likeness (QED) is 0.860. The number of hydrogen-bond acceptors (Lipinski definition) is 3. The molecule has 0 N–H and O–H groups in total. The van der Waals surface area contributed by atoms with Gasteiger partial charge in [0.2, 0.25) is 11.7 Å². The second-order valence-corrected chi connectivity index (χ2v) is 5.92. The van der Waals surface area contributed by atoms with E-state index in [1.165, 1.54) is 0 Å². The summed E-state index contributed by atoms with van der Waals surface area (Å²) in [4.78, 5) is 13.9. The van der Waals surface area contributed by atoms with Gasteiger partial charge in [0.15, 0.2) is 5.82 Å². The van der Waals surface area contributed by atoms with Crippen molar-refractivity contribution in [2.24, 2.45) is 0 Å². The van der Waals surface area contributed by atoms with Crippen LogP contribution in [0.5, 0.6) is 0 Å². The van der Waals surface area contributed by atoms with Crippen molar-refractivity contribution in [3.05, 3.63) is 35.2 Å². The van der Waals surface area contributed by atoms with Crippen LogP contribution in [0.15, 0.2) is 12.1 Å². The molecule has 0 saturated heterocycles. The molecular weight excluding hydrogens is 323 g/mol. The van der Waals surface area contributed by atoms with Gasteiger partial charge in [-0.3, -0.25) is 4.79 Å². The molecule has 1 aliphatic rings. The molecule has 0 aliphatic carbocycles. The van der Waals surface area contributed by atoms with E-state index >= 15 is 0 Å². The fourth-order valence-corrected chi connectivity index (χ4v) is 3.00. The smallest absolute Gasteiger partial charge is 0.349 e. The van der Waals surface area contributed by atoms with Gasteiger partial charge in [-0.1, -0.05) is 0 Å². The van der Waals surface area contributed by atoms with Gasteiger partial charge in [0.1, 0.15) is 0 Å². The summed E-state index contributed by atoms with van der Waals surface area (Å²) in [5, 5.41) is 6.81. The van der Waals surface area contributed by atoms with Crippen LogP contribution in [0.2, 0.25) is 0 Å². The Morgan fingerprint density at radius 3 is 2.46 bits per heavy atom. The Hall–Kier alpha value is -2.32. The van der Waals surface area contributed by atoms with Gasteiger partial charge in [-0.2, -0.15) is 13.2 Å². The van der Waals surface area contributed by atoms with Gasteiger partial charge < -0.3 is 14.0 Å². The Morgan fingerprint density at radius 1 is 1.17 bits per heavy atom. The molecule has 3 heterocycles. The van der Waals surface area contributed by atoms with Gasteiger partial charge >= 0.3 is 6.18 Å². The van der Waals surface area contributed by atoms with Crippen LogP contribution in [-0.4, -0.2) is 36.7 Å². The van der Waals surface area contributed by atoms with Gasteiger partial charge in [0.25, 0.3) is 0 Å². The summed E-state index contributed by atoms with van der Waals surface area (Å²) in [5.41, 5.74) is 2.15. The fourth-order valence-electron chi connectivity index (χ4n) is 3.00. The third kappa shape index (κ3) is 3.02. The maximum absolute atomic E-state index is 12.8. The summed E-state index contributed by atoms with van der Waals surface area (Å²) in [6, 6.07) is 3.98. The Labute approximate surface area is 136 Å². The molecule has 0 aromatic carbocycles. The highest BCUT2D eigenvalue weighted by molar-refractivity contribution is 5.76. The van der Waals surface area contributed by atoms with Crippen LogP contribution in [-0.2, 0) is 30.6 Å². The van der Waals surface area contributed by atoms with Crippen molar-refractivity contribution < 1.29 is 18.0 Å². The molecule has 9 heteroatoms. The molecule has 0 spiro atoms. The van der Waals surface area contributed by atoms with E-state index in [4.69, 9.17) is 0 Å². The Kier molecular flexibility index (Phi) is 4.10. The second-order valence-electron chi connectivity index (χ2n) is 5.92. The topological polar surface area (TPSA) is 56.0 Å². The number of hydrogen-bond donors (Lipinski definition) is 0. The zero-order valence-corrected chi connectivity index (χ0v) is 13.5. The van der Waals surface area contributed by atoms with E-state index in [1.807, 2.05) is 30.5 Å². The number of alkyl halides is 3. The predicted octanol–water partition coefficient (Wildman–Crippen LogP) is 2.15. The van der Waals surface area contributed by atoms with Gasteiger partial charge in [-0.05, 0) is 26.0 Å². The molecule has 3 rings (SSSR count). The Morgan fingerprint density at radius 2 is 1.83 bits per heavy atom. The minimum absolute atomic E-state index is 0.0600. The van der Waals surface area contributed by atoms with Crippen molar-refractivity contribution in [2.45, 2.75) is 46.1 Å². The number of aromatic nitrogens is 4. The van der Waals surface area contributed by atoms with Crippen LogP contribution in [0.1, 0.15) is 29.5 Å². The number of amides is 1. The van der Waals surface area contributed by atoms with E-state index in [0.29, 0.717) is 13.0 Å². The molecule has 6 nitrogen and oxygen atoms in total. The van der Waals surface area contributed by atoms with E-state index in [-0.39, 0.29) is 31.4 Å². The molecule has 1 amide bonds. The van der Waals surface area contributed by atoms with E-state index in [2.05, 4.69) is 10.2 Å². The molecule has 130 valence electrons. The van der Waals surface area contributed by atoms with E-state index in [9.17, 15) is 18.0 Å². The molecule has 0 atom stereocenters. The number of halogens is 3. The maximum atomic E-state index is 12.8. The molecule has 0 unspecified atom stereocenters. The number of rotatable bonds is 3. The van der Waals surface area contributed by atoms with Gasteiger partial charge in [-0.25, -0.2) is 0 Å². The summed E-state index contributed by atoms with van der Waals surface area (Å²) in [7, 11) is 0. The van der Waals surface area contributed by atoms with Crippen LogP contribution >= 0.6 is 0 Å². The van der Waals surface area contributed by atoms with Gasteiger partial charge in [0, 0.05) is 37.4 Å². The summed E-state index contributed by atoms with van der Waals surface area (Å²) < 4.78 is 41.5.